The minimum atomic E-state index is -0.331. The average molecular weight is 370 g/mol. The Labute approximate surface area is 158 Å². The normalized spacial score (nSPS) is 11.6. The van der Waals surface area contributed by atoms with Gasteiger partial charge in [0.25, 0.3) is 5.56 Å². The lowest BCUT2D eigenvalue weighted by Gasteiger charge is -2.10. The van der Waals surface area contributed by atoms with E-state index in [4.69, 9.17) is 4.74 Å². The van der Waals surface area contributed by atoms with Crippen molar-refractivity contribution in [2.45, 2.75) is 45.6 Å². The molecular formula is C20H26N4O3. The first-order chi connectivity index (χ1) is 13.0. The Morgan fingerprint density at radius 1 is 1.33 bits per heavy atom. The average Bonchev–Trinajstić information content (AvgIpc) is 2.67. The first-order valence-corrected chi connectivity index (χ1v) is 9.12. The van der Waals surface area contributed by atoms with Crippen molar-refractivity contribution >= 4 is 5.91 Å². The van der Waals surface area contributed by atoms with E-state index in [9.17, 15) is 9.59 Å². The Morgan fingerprint density at radius 2 is 2.07 bits per heavy atom. The number of carbonyl (C=O) groups is 1. The van der Waals surface area contributed by atoms with Gasteiger partial charge in [0.2, 0.25) is 5.91 Å². The fourth-order valence-corrected chi connectivity index (χ4v) is 2.30. The van der Waals surface area contributed by atoms with Crippen LogP contribution in [0, 0.1) is 0 Å². The summed E-state index contributed by atoms with van der Waals surface area (Å²) in [7, 11) is 0. The van der Waals surface area contributed by atoms with Crippen LogP contribution in [0.15, 0.2) is 41.7 Å². The largest absolute Gasteiger partial charge is 0.493 e. The molecule has 0 spiro atoms. The molecule has 2 aromatic rings. The number of hydrogen-bond acceptors (Lipinski definition) is 5. The lowest BCUT2D eigenvalue weighted by molar-refractivity contribution is -0.121. The van der Waals surface area contributed by atoms with Gasteiger partial charge in [0, 0.05) is 24.4 Å². The van der Waals surface area contributed by atoms with Crippen molar-refractivity contribution in [2.75, 3.05) is 6.61 Å². The molecule has 1 aromatic carbocycles. The topological polar surface area (TPSA) is 97.0 Å². The number of H-pyrrole nitrogens is 1. The zero-order valence-corrected chi connectivity index (χ0v) is 15.8. The molecule has 0 aliphatic heterocycles. The summed E-state index contributed by atoms with van der Waals surface area (Å²) in [5.41, 5.74) is 0.654. The fraction of sp³-hybridized carbons (Fsp3) is 0.400. The van der Waals surface area contributed by atoms with Crippen LogP contribution in [-0.4, -0.2) is 33.7 Å². The molecule has 7 heteroatoms. The van der Waals surface area contributed by atoms with Crippen LogP contribution in [0.2, 0.25) is 0 Å². The van der Waals surface area contributed by atoms with E-state index in [0.29, 0.717) is 12.4 Å². The van der Waals surface area contributed by atoms with Crippen LogP contribution in [0.25, 0.3) is 11.4 Å². The molecule has 0 radical (unpaired) electrons. The van der Waals surface area contributed by atoms with E-state index in [1.54, 1.807) is 6.08 Å². The van der Waals surface area contributed by atoms with Gasteiger partial charge in [0.1, 0.15) is 11.4 Å². The van der Waals surface area contributed by atoms with Crippen molar-refractivity contribution < 1.29 is 9.53 Å². The highest BCUT2D eigenvalue weighted by molar-refractivity contribution is 5.76. The molecule has 0 saturated carbocycles. The van der Waals surface area contributed by atoms with Crippen LogP contribution < -0.4 is 15.6 Å². The molecule has 0 saturated heterocycles. The second kappa shape index (κ2) is 10.3. The lowest BCUT2D eigenvalue weighted by Crippen LogP contribution is -2.32. The zero-order valence-electron chi connectivity index (χ0n) is 15.8. The minimum absolute atomic E-state index is 0.0957. The van der Waals surface area contributed by atoms with E-state index in [-0.39, 0.29) is 36.0 Å². The summed E-state index contributed by atoms with van der Waals surface area (Å²) < 4.78 is 5.55. The lowest BCUT2D eigenvalue weighted by atomic mass is 10.2. The number of nitrogens with zero attached hydrogens (tertiary/aromatic N) is 2. The van der Waals surface area contributed by atoms with Crippen molar-refractivity contribution in [3.05, 3.63) is 53.0 Å². The van der Waals surface area contributed by atoms with E-state index in [2.05, 4.69) is 27.1 Å². The van der Waals surface area contributed by atoms with Gasteiger partial charge in [-0.3, -0.25) is 9.59 Å². The van der Waals surface area contributed by atoms with Crippen LogP contribution in [0.4, 0.5) is 0 Å². The van der Waals surface area contributed by atoms with Crippen molar-refractivity contribution in [3.63, 3.8) is 0 Å². The van der Waals surface area contributed by atoms with Crippen LogP contribution in [0.3, 0.4) is 0 Å². The molecule has 1 aromatic heterocycles. The maximum absolute atomic E-state index is 12.2. The smallest absolute Gasteiger partial charge is 0.273 e. The molecule has 7 nitrogen and oxygen atoms in total. The Bertz CT molecular complexity index is 815. The number of aromatic nitrogens is 3. The Morgan fingerprint density at radius 3 is 2.70 bits per heavy atom. The van der Waals surface area contributed by atoms with Gasteiger partial charge in [-0.15, -0.1) is 16.8 Å². The highest BCUT2D eigenvalue weighted by atomic mass is 16.5. The first-order valence-electron chi connectivity index (χ1n) is 9.12. The summed E-state index contributed by atoms with van der Waals surface area (Å²) >= 11 is 0. The van der Waals surface area contributed by atoms with Crippen LogP contribution in [0.5, 0.6) is 5.75 Å². The Kier molecular flexibility index (Phi) is 7.73. The summed E-state index contributed by atoms with van der Waals surface area (Å²) in [5.74, 6) is 1.02. The number of benzene rings is 1. The molecular weight excluding hydrogens is 344 g/mol. The number of aromatic amines is 1. The molecule has 144 valence electrons. The third kappa shape index (κ3) is 6.36. The molecule has 2 rings (SSSR count). The van der Waals surface area contributed by atoms with E-state index in [1.165, 1.54) is 0 Å². The number of amides is 1. The second-order valence-electron chi connectivity index (χ2n) is 6.28. The van der Waals surface area contributed by atoms with E-state index >= 15 is 0 Å². The summed E-state index contributed by atoms with van der Waals surface area (Å²) in [6.45, 7) is 8.16. The van der Waals surface area contributed by atoms with Gasteiger partial charge in [0.05, 0.1) is 6.61 Å². The van der Waals surface area contributed by atoms with E-state index in [1.807, 2.05) is 38.1 Å². The van der Waals surface area contributed by atoms with Crippen molar-refractivity contribution in [3.8, 4) is 17.1 Å². The zero-order chi connectivity index (χ0) is 19.6. The molecule has 1 heterocycles. The summed E-state index contributed by atoms with van der Waals surface area (Å²) in [5, 5.41) is 10.9. The number of carbonyl (C=O) groups excluding carboxylic acids is 1. The molecule has 0 aliphatic rings. The molecule has 2 N–H and O–H groups in total. The summed E-state index contributed by atoms with van der Waals surface area (Å²) in [6.07, 6.45) is 3.89. The number of rotatable bonds is 10. The van der Waals surface area contributed by atoms with Gasteiger partial charge in [-0.05, 0) is 44.0 Å². The Hall–Kier alpha value is -2.96. The monoisotopic (exact) mass is 370 g/mol. The van der Waals surface area contributed by atoms with Crippen molar-refractivity contribution in [1.82, 2.24) is 20.5 Å². The SMILES string of the molecule is C=CCCOc1ccc(-c2nnc(CCC(=O)N[C@@H](C)CC)c(=O)[nH]2)cc1. The van der Waals surface area contributed by atoms with Gasteiger partial charge < -0.3 is 15.0 Å². The van der Waals surface area contributed by atoms with Crippen molar-refractivity contribution in [2.24, 2.45) is 0 Å². The standard InChI is InChI=1S/C20H26N4O3/c1-4-6-13-27-16-9-7-15(8-10-16)19-22-20(26)17(23-24-19)11-12-18(25)21-14(3)5-2/h4,7-10,14H,1,5-6,11-13H2,2-3H3,(H,21,25)(H,22,24,26)/t14-/m0/s1. The van der Waals surface area contributed by atoms with Gasteiger partial charge >= 0.3 is 0 Å². The van der Waals surface area contributed by atoms with Gasteiger partial charge in [-0.2, -0.15) is 0 Å². The van der Waals surface area contributed by atoms with Crippen LogP contribution in [0.1, 0.15) is 38.8 Å². The predicted octanol–water partition coefficient (Wildman–Crippen LogP) is 2.63. The summed E-state index contributed by atoms with van der Waals surface area (Å²) in [4.78, 5) is 26.8. The van der Waals surface area contributed by atoms with Crippen LogP contribution >= 0.6 is 0 Å². The maximum atomic E-state index is 12.2. The van der Waals surface area contributed by atoms with Crippen molar-refractivity contribution in [1.29, 1.82) is 0 Å². The van der Waals surface area contributed by atoms with Crippen LogP contribution in [-0.2, 0) is 11.2 Å². The third-order valence-corrected chi connectivity index (χ3v) is 4.09. The number of nitrogens with one attached hydrogen (secondary N) is 2. The van der Waals surface area contributed by atoms with Gasteiger partial charge in [-0.1, -0.05) is 13.0 Å². The summed E-state index contributed by atoms with van der Waals surface area (Å²) in [6, 6.07) is 7.36. The molecule has 1 atom stereocenters. The quantitative estimate of drug-likeness (QED) is 0.495. The molecule has 27 heavy (non-hydrogen) atoms. The molecule has 0 unspecified atom stereocenters. The Balaban J connectivity index is 1.98. The van der Waals surface area contributed by atoms with Gasteiger partial charge in [0.15, 0.2) is 5.82 Å². The molecule has 1 amide bonds. The molecule has 0 fully saturated rings. The second-order valence-corrected chi connectivity index (χ2v) is 6.28. The predicted molar refractivity (Wildman–Crippen MR) is 105 cm³/mol. The minimum Gasteiger partial charge on any atom is -0.493 e. The number of ether oxygens (including phenoxy) is 1. The maximum Gasteiger partial charge on any atom is 0.273 e. The molecule has 0 bridgehead atoms. The van der Waals surface area contributed by atoms with E-state index < -0.39 is 0 Å². The third-order valence-electron chi connectivity index (χ3n) is 4.09. The highest BCUT2D eigenvalue weighted by Gasteiger charge is 2.11. The fourth-order valence-electron chi connectivity index (χ4n) is 2.30. The highest BCUT2D eigenvalue weighted by Crippen LogP contribution is 2.18. The molecule has 0 aliphatic carbocycles. The van der Waals surface area contributed by atoms with Gasteiger partial charge in [-0.25, -0.2) is 0 Å². The van der Waals surface area contributed by atoms with E-state index in [0.717, 1.165) is 24.2 Å². The number of aryl methyl sites for hydroxylation is 1. The first kappa shape index (κ1) is 20.4. The number of hydrogen-bond donors (Lipinski definition) is 2.